The fourth-order valence-corrected chi connectivity index (χ4v) is 2.76. The summed E-state index contributed by atoms with van der Waals surface area (Å²) in [5, 5.41) is 4.56. The minimum absolute atomic E-state index is 0.0510. The molecule has 1 aliphatic heterocycles. The summed E-state index contributed by atoms with van der Waals surface area (Å²) in [6, 6.07) is 7.97. The number of hydrogen-bond acceptors (Lipinski definition) is 4. The minimum Gasteiger partial charge on any atom is -0.494 e. The summed E-state index contributed by atoms with van der Waals surface area (Å²) in [6.45, 7) is 3.43. The van der Waals surface area contributed by atoms with Crippen LogP contribution in [0.25, 0.3) is 11.1 Å². The van der Waals surface area contributed by atoms with Gasteiger partial charge < -0.3 is 15.2 Å². The van der Waals surface area contributed by atoms with Gasteiger partial charge in [0, 0.05) is 19.2 Å². The summed E-state index contributed by atoms with van der Waals surface area (Å²) >= 11 is 0. The van der Waals surface area contributed by atoms with Gasteiger partial charge in [0.25, 0.3) is 0 Å². The number of rotatable bonds is 4. The molecule has 1 unspecified atom stereocenters. The molecule has 0 spiro atoms. The van der Waals surface area contributed by atoms with E-state index in [1.54, 1.807) is 4.68 Å². The van der Waals surface area contributed by atoms with Gasteiger partial charge in [-0.15, -0.1) is 0 Å². The molecule has 1 atom stereocenters. The van der Waals surface area contributed by atoms with Crippen LogP contribution in [0.1, 0.15) is 31.6 Å². The van der Waals surface area contributed by atoms with Crippen LogP contribution in [-0.2, 0) is 11.8 Å². The predicted octanol–water partition coefficient (Wildman–Crippen LogP) is 2.92. The summed E-state index contributed by atoms with van der Waals surface area (Å²) < 4.78 is 13.0. The lowest BCUT2D eigenvalue weighted by Crippen LogP contribution is -2.00. The third-order valence-corrected chi connectivity index (χ3v) is 3.81. The van der Waals surface area contributed by atoms with E-state index in [9.17, 15) is 0 Å². The molecule has 1 aromatic heterocycles. The van der Waals surface area contributed by atoms with Gasteiger partial charge in [-0.25, -0.2) is 0 Å². The summed E-state index contributed by atoms with van der Waals surface area (Å²) in [5.74, 6) is 1.53. The Morgan fingerprint density at radius 2 is 2.14 bits per heavy atom. The number of anilines is 1. The Bertz CT molecular complexity index is 613. The molecule has 0 amide bonds. The molecule has 1 fully saturated rings. The van der Waals surface area contributed by atoms with Crippen molar-refractivity contribution in [3.05, 3.63) is 30.0 Å². The van der Waals surface area contributed by atoms with Gasteiger partial charge in [0.2, 0.25) is 0 Å². The SMILES string of the molecule is CCOc1ccc(-c2c(C3CCCO3)nn(C)c2N)cc1. The lowest BCUT2D eigenvalue weighted by atomic mass is 10.0. The van der Waals surface area contributed by atoms with E-state index in [1.165, 1.54) is 0 Å². The van der Waals surface area contributed by atoms with Gasteiger partial charge in [-0.3, -0.25) is 4.68 Å². The van der Waals surface area contributed by atoms with Crippen LogP contribution in [0.15, 0.2) is 24.3 Å². The van der Waals surface area contributed by atoms with Crippen molar-refractivity contribution in [2.45, 2.75) is 25.9 Å². The average Bonchev–Trinajstić information content (AvgIpc) is 3.10. The molecule has 3 rings (SSSR count). The molecule has 1 aliphatic rings. The van der Waals surface area contributed by atoms with Crippen LogP contribution < -0.4 is 10.5 Å². The summed E-state index contributed by atoms with van der Waals surface area (Å²) in [4.78, 5) is 0. The minimum atomic E-state index is 0.0510. The molecular formula is C16H21N3O2. The maximum atomic E-state index is 6.21. The van der Waals surface area contributed by atoms with Crippen LogP contribution in [0.4, 0.5) is 5.82 Å². The van der Waals surface area contributed by atoms with Crippen molar-refractivity contribution in [3.63, 3.8) is 0 Å². The highest BCUT2D eigenvalue weighted by atomic mass is 16.5. The second-order valence-corrected chi connectivity index (χ2v) is 5.23. The second-order valence-electron chi connectivity index (χ2n) is 5.23. The topological polar surface area (TPSA) is 62.3 Å². The van der Waals surface area contributed by atoms with E-state index in [-0.39, 0.29) is 6.10 Å². The summed E-state index contributed by atoms with van der Waals surface area (Å²) in [5.41, 5.74) is 9.18. The quantitative estimate of drug-likeness (QED) is 0.939. The number of nitrogens with zero attached hydrogens (tertiary/aromatic N) is 2. The van der Waals surface area contributed by atoms with Gasteiger partial charge in [0.05, 0.1) is 6.61 Å². The highest BCUT2D eigenvalue weighted by molar-refractivity contribution is 5.77. The maximum absolute atomic E-state index is 6.21. The van der Waals surface area contributed by atoms with E-state index in [0.29, 0.717) is 12.4 Å². The van der Waals surface area contributed by atoms with Gasteiger partial charge in [-0.1, -0.05) is 12.1 Å². The number of hydrogen-bond donors (Lipinski definition) is 1. The number of aryl methyl sites for hydroxylation is 1. The third-order valence-electron chi connectivity index (χ3n) is 3.81. The van der Waals surface area contributed by atoms with Gasteiger partial charge in [-0.2, -0.15) is 5.10 Å². The lowest BCUT2D eigenvalue weighted by Gasteiger charge is -2.10. The monoisotopic (exact) mass is 287 g/mol. The molecule has 5 heteroatoms. The van der Waals surface area contributed by atoms with E-state index in [2.05, 4.69) is 5.10 Å². The van der Waals surface area contributed by atoms with Crippen LogP contribution in [0.2, 0.25) is 0 Å². The van der Waals surface area contributed by atoms with E-state index in [1.807, 2.05) is 38.2 Å². The van der Waals surface area contributed by atoms with Crippen molar-refractivity contribution in [2.75, 3.05) is 18.9 Å². The van der Waals surface area contributed by atoms with Gasteiger partial charge >= 0.3 is 0 Å². The molecule has 112 valence electrons. The summed E-state index contributed by atoms with van der Waals surface area (Å²) in [7, 11) is 1.87. The molecule has 21 heavy (non-hydrogen) atoms. The van der Waals surface area contributed by atoms with Crippen molar-refractivity contribution < 1.29 is 9.47 Å². The molecule has 2 aromatic rings. The van der Waals surface area contributed by atoms with E-state index in [4.69, 9.17) is 15.2 Å². The number of aromatic nitrogens is 2. The number of benzene rings is 1. The van der Waals surface area contributed by atoms with Crippen LogP contribution >= 0.6 is 0 Å². The molecule has 2 heterocycles. The molecule has 2 N–H and O–H groups in total. The van der Waals surface area contributed by atoms with Crippen LogP contribution in [0.3, 0.4) is 0 Å². The van der Waals surface area contributed by atoms with Crippen molar-refractivity contribution in [1.29, 1.82) is 0 Å². The first kappa shape index (κ1) is 13.9. The molecule has 1 saturated heterocycles. The third kappa shape index (κ3) is 2.61. The van der Waals surface area contributed by atoms with Crippen molar-refractivity contribution in [2.24, 2.45) is 7.05 Å². The van der Waals surface area contributed by atoms with E-state index >= 15 is 0 Å². The predicted molar refractivity (Wildman–Crippen MR) is 82.2 cm³/mol. The van der Waals surface area contributed by atoms with Crippen molar-refractivity contribution in [3.8, 4) is 16.9 Å². The number of ether oxygens (including phenoxy) is 2. The molecule has 0 bridgehead atoms. The zero-order valence-corrected chi connectivity index (χ0v) is 12.5. The normalized spacial score (nSPS) is 18.1. The highest BCUT2D eigenvalue weighted by Gasteiger charge is 2.26. The van der Waals surface area contributed by atoms with Crippen LogP contribution in [0.5, 0.6) is 5.75 Å². The second kappa shape index (κ2) is 5.77. The molecule has 0 saturated carbocycles. The molecular weight excluding hydrogens is 266 g/mol. The smallest absolute Gasteiger partial charge is 0.129 e. The summed E-state index contributed by atoms with van der Waals surface area (Å²) in [6.07, 6.45) is 2.12. The molecule has 0 aliphatic carbocycles. The Morgan fingerprint density at radius 3 is 2.76 bits per heavy atom. The Labute approximate surface area is 124 Å². The first-order chi connectivity index (χ1) is 10.2. The van der Waals surface area contributed by atoms with Gasteiger partial charge in [-0.05, 0) is 37.5 Å². The van der Waals surface area contributed by atoms with Gasteiger partial charge in [0.1, 0.15) is 23.4 Å². The molecule has 0 radical (unpaired) electrons. The number of nitrogen functional groups attached to an aromatic ring is 1. The highest BCUT2D eigenvalue weighted by Crippen LogP contribution is 2.38. The van der Waals surface area contributed by atoms with Gasteiger partial charge in [0.15, 0.2) is 0 Å². The largest absolute Gasteiger partial charge is 0.494 e. The fraction of sp³-hybridized carbons (Fsp3) is 0.438. The maximum Gasteiger partial charge on any atom is 0.129 e. The van der Waals surface area contributed by atoms with Crippen LogP contribution in [0, 0.1) is 0 Å². The van der Waals surface area contributed by atoms with Crippen molar-refractivity contribution >= 4 is 5.82 Å². The Hall–Kier alpha value is -2.01. The zero-order chi connectivity index (χ0) is 14.8. The Morgan fingerprint density at radius 1 is 1.38 bits per heavy atom. The lowest BCUT2D eigenvalue weighted by molar-refractivity contribution is 0.108. The van der Waals surface area contributed by atoms with Crippen LogP contribution in [-0.4, -0.2) is 23.0 Å². The number of nitrogens with two attached hydrogens (primary N) is 1. The van der Waals surface area contributed by atoms with E-state index < -0.39 is 0 Å². The first-order valence-corrected chi connectivity index (χ1v) is 7.38. The molecule has 1 aromatic carbocycles. The molecule has 5 nitrogen and oxygen atoms in total. The Balaban J connectivity index is 2.00. The van der Waals surface area contributed by atoms with Crippen molar-refractivity contribution in [1.82, 2.24) is 9.78 Å². The average molecular weight is 287 g/mol. The Kier molecular flexibility index (Phi) is 3.84. The first-order valence-electron chi connectivity index (χ1n) is 7.38. The van der Waals surface area contributed by atoms with E-state index in [0.717, 1.165) is 42.0 Å². The fourth-order valence-electron chi connectivity index (χ4n) is 2.76. The zero-order valence-electron chi connectivity index (χ0n) is 12.5. The standard InChI is InChI=1S/C16H21N3O2/c1-3-20-12-8-6-11(7-9-12)14-15(13-5-4-10-21-13)18-19(2)16(14)17/h6-9,13H,3-5,10,17H2,1-2H3.